The molecule has 1 aromatic rings. The number of benzene rings is 1. The molecule has 0 aromatic heterocycles. The molecule has 6 heteroatoms. The second-order valence-electron chi connectivity index (χ2n) is 5.63. The molecule has 2 unspecified atom stereocenters. The van der Waals surface area contributed by atoms with Gasteiger partial charge in [-0.3, -0.25) is 0 Å². The fourth-order valence-electron chi connectivity index (χ4n) is 2.80. The van der Waals surface area contributed by atoms with Gasteiger partial charge in [-0.05, 0) is 30.9 Å². The van der Waals surface area contributed by atoms with Gasteiger partial charge in [-0.1, -0.05) is 12.8 Å². The van der Waals surface area contributed by atoms with Crippen molar-refractivity contribution in [3.63, 3.8) is 0 Å². The zero-order chi connectivity index (χ0) is 16.8. The maximum Gasteiger partial charge on any atom is 0.322 e. The summed E-state index contributed by atoms with van der Waals surface area (Å²) in [6.45, 7) is 2.48. The number of rotatable bonds is 4. The molecule has 1 aliphatic heterocycles. The van der Waals surface area contributed by atoms with E-state index in [1.54, 1.807) is 4.90 Å². The van der Waals surface area contributed by atoms with E-state index in [4.69, 9.17) is 11.2 Å². The number of ether oxygens (including phenoxy) is 1. The highest BCUT2D eigenvalue weighted by Gasteiger charge is 2.31. The fourth-order valence-corrected chi connectivity index (χ4v) is 2.80. The molecule has 0 spiro atoms. The van der Waals surface area contributed by atoms with Crippen LogP contribution in [-0.4, -0.2) is 41.8 Å². The van der Waals surface area contributed by atoms with Crippen LogP contribution in [0.15, 0.2) is 18.2 Å². The summed E-state index contributed by atoms with van der Waals surface area (Å²) in [5.41, 5.74) is 0.349. The molecule has 2 atom stereocenters. The van der Waals surface area contributed by atoms with Crippen LogP contribution in [0.2, 0.25) is 0 Å². The van der Waals surface area contributed by atoms with Crippen LogP contribution in [0.5, 0.6) is 5.75 Å². The van der Waals surface area contributed by atoms with E-state index in [-0.39, 0.29) is 37.0 Å². The third kappa shape index (κ3) is 4.14. The molecular weight excluding hydrogens is 299 g/mol. The summed E-state index contributed by atoms with van der Waals surface area (Å²) in [6, 6.07) is 3.28. The number of anilines is 1. The van der Waals surface area contributed by atoms with Crippen molar-refractivity contribution >= 4 is 11.7 Å². The Morgan fingerprint density at radius 2 is 2.39 bits per heavy atom. The van der Waals surface area contributed by atoms with Crippen LogP contribution >= 0.6 is 0 Å². The first-order valence-corrected chi connectivity index (χ1v) is 7.61. The van der Waals surface area contributed by atoms with Gasteiger partial charge in [0.05, 0.1) is 18.3 Å². The van der Waals surface area contributed by atoms with Gasteiger partial charge in [0.1, 0.15) is 18.2 Å². The second-order valence-corrected chi connectivity index (χ2v) is 5.63. The molecule has 1 fully saturated rings. The Labute approximate surface area is 135 Å². The summed E-state index contributed by atoms with van der Waals surface area (Å²) in [6.07, 6.45) is 7.00. The van der Waals surface area contributed by atoms with Crippen LogP contribution in [-0.2, 0) is 0 Å². The van der Waals surface area contributed by atoms with Gasteiger partial charge in [-0.2, -0.15) is 0 Å². The first-order valence-electron chi connectivity index (χ1n) is 7.61. The molecule has 1 aliphatic rings. The van der Waals surface area contributed by atoms with Gasteiger partial charge in [0.15, 0.2) is 0 Å². The summed E-state index contributed by atoms with van der Waals surface area (Å²) in [4.78, 5) is 14.1. The first-order chi connectivity index (χ1) is 11.1. The van der Waals surface area contributed by atoms with Crippen LogP contribution in [0.4, 0.5) is 14.9 Å². The topological polar surface area (TPSA) is 61.8 Å². The number of halogens is 1. The Morgan fingerprint density at radius 1 is 1.61 bits per heavy atom. The second kappa shape index (κ2) is 7.84. The van der Waals surface area contributed by atoms with Crippen molar-refractivity contribution in [1.29, 1.82) is 0 Å². The molecule has 1 heterocycles. The largest absolute Gasteiger partial charge is 0.479 e. The van der Waals surface area contributed by atoms with Crippen molar-refractivity contribution in [3.8, 4) is 18.1 Å². The van der Waals surface area contributed by atoms with Crippen molar-refractivity contribution in [2.45, 2.75) is 25.8 Å². The van der Waals surface area contributed by atoms with Crippen molar-refractivity contribution in [3.05, 3.63) is 24.0 Å². The van der Waals surface area contributed by atoms with Crippen molar-refractivity contribution < 1.29 is 19.0 Å². The molecule has 2 rings (SSSR count). The van der Waals surface area contributed by atoms with E-state index in [1.165, 1.54) is 18.2 Å². The number of aliphatic hydroxyl groups is 1. The van der Waals surface area contributed by atoms with E-state index in [2.05, 4.69) is 11.2 Å². The Morgan fingerprint density at radius 3 is 3.09 bits per heavy atom. The minimum atomic E-state index is -0.477. The third-order valence-corrected chi connectivity index (χ3v) is 4.06. The smallest absolute Gasteiger partial charge is 0.322 e. The number of carbonyl (C=O) groups is 1. The number of terminal acetylenes is 1. The zero-order valence-electron chi connectivity index (χ0n) is 13.1. The maximum absolute atomic E-state index is 13.3. The van der Waals surface area contributed by atoms with Gasteiger partial charge in [0, 0.05) is 12.6 Å². The lowest BCUT2D eigenvalue weighted by Crippen LogP contribution is -2.51. The molecule has 2 N–H and O–H groups in total. The molecule has 0 aliphatic carbocycles. The molecule has 5 nitrogen and oxygen atoms in total. The molecule has 1 saturated heterocycles. The number of likely N-dealkylation sites (tertiary alicyclic amines) is 1. The van der Waals surface area contributed by atoms with Gasteiger partial charge in [0.25, 0.3) is 0 Å². The summed E-state index contributed by atoms with van der Waals surface area (Å²) in [5.74, 6) is 2.23. The molecule has 23 heavy (non-hydrogen) atoms. The Bertz CT molecular complexity index is 600. The summed E-state index contributed by atoms with van der Waals surface area (Å²) >= 11 is 0. The van der Waals surface area contributed by atoms with Crippen LogP contribution in [0.3, 0.4) is 0 Å². The molecule has 0 radical (unpaired) electrons. The van der Waals surface area contributed by atoms with Crippen LogP contribution in [0.1, 0.15) is 19.8 Å². The summed E-state index contributed by atoms with van der Waals surface area (Å²) < 4.78 is 18.6. The Hall–Kier alpha value is -2.26. The third-order valence-electron chi connectivity index (χ3n) is 4.06. The van der Waals surface area contributed by atoms with E-state index < -0.39 is 5.82 Å². The number of nitrogens with one attached hydrogen (secondary N) is 1. The normalized spacial score (nSPS) is 20.7. The maximum atomic E-state index is 13.3. The lowest BCUT2D eigenvalue weighted by molar-refractivity contribution is 0.0811. The minimum absolute atomic E-state index is 0.0215. The van der Waals surface area contributed by atoms with Gasteiger partial charge < -0.3 is 20.1 Å². The number of hydrogen-bond acceptors (Lipinski definition) is 3. The lowest BCUT2D eigenvalue weighted by atomic mass is 9.91. The van der Waals surface area contributed by atoms with Gasteiger partial charge >= 0.3 is 6.03 Å². The average Bonchev–Trinajstić information content (AvgIpc) is 2.54. The van der Waals surface area contributed by atoms with E-state index in [0.29, 0.717) is 12.2 Å². The standard InChI is InChI=1S/C17H21FN2O3/c1-3-9-23-16-10-13(18)6-7-14(16)19-17(22)20-8-4-5-12(2)15(20)11-21/h1,6-7,10,12,15,21H,4-5,8-9,11H2,2H3,(H,19,22). The number of carbonyl (C=O) groups excluding carboxylic acids is 1. The monoisotopic (exact) mass is 320 g/mol. The van der Waals surface area contributed by atoms with Gasteiger partial charge in [-0.25, -0.2) is 9.18 Å². The van der Waals surface area contributed by atoms with Crippen LogP contribution < -0.4 is 10.1 Å². The lowest BCUT2D eigenvalue weighted by Gasteiger charge is -2.38. The number of nitrogens with zero attached hydrogens (tertiary/aromatic N) is 1. The summed E-state index contributed by atoms with van der Waals surface area (Å²) in [5, 5.41) is 12.3. The number of urea groups is 1. The zero-order valence-corrected chi connectivity index (χ0v) is 13.1. The Kier molecular flexibility index (Phi) is 5.83. The van der Waals surface area contributed by atoms with Crippen molar-refractivity contribution in [1.82, 2.24) is 4.90 Å². The molecule has 0 bridgehead atoms. The van der Waals surface area contributed by atoms with Crippen LogP contribution in [0.25, 0.3) is 0 Å². The van der Waals surface area contributed by atoms with E-state index >= 15 is 0 Å². The highest BCUT2D eigenvalue weighted by atomic mass is 19.1. The number of piperidine rings is 1. The van der Waals surface area contributed by atoms with Crippen molar-refractivity contribution in [2.75, 3.05) is 25.1 Å². The molecule has 1 aromatic carbocycles. The SMILES string of the molecule is C#CCOc1cc(F)ccc1NC(=O)N1CCCC(C)C1CO. The highest BCUT2D eigenvalue weighted by molar-refractivity contribution is 5.91. The first kappa shape index (κ1) is 17.1. The van der Waals surface area contributed by atoms with E-state index in [0.717, 1.165) is 12.8 Å². The summed E-state index contributed by atoms with van der Waals surface area (Å²) in [7, 11) is 0. The predicted molar refractivity (Wildman–Crippen MR) is 85.7 cm³/mol. The average molecular weight is 320 g/mol. The predicted octanol–water partition coefficient (Wildman–Crippen LogP) is 2.46. The molecule has 0 saturated carbocycles. The molecular formula is C17H21FN2O3. The van der Waals surface area contributed by atoms with Crippen molar-refractivity contribution in [2.24, 2.45) is 5.92 Å². The molecule has 2 amide bonds. The Balaban J connectivity index is 2.14. The fraction of sp³-hybridized carbons (Fsp3) is 0.471. The van der Waals surface area contributed by atoms with Crippen LogP contribution in [0, 0.1) is 24.1 Å². The minimum Gasteiger partial charge on any atom is -0.479 e. The number of hydrogen-bond donors (Lipinski definition) is 2. The molecule has 124 valence electrons. The number of aliphatic hydroxyl groups excluding tert-OH is 1. The van der Waals surface area contributed by atoms with E-state index in [9.17, 15) is 14.3 Å². The van der Waals surface area contributed by atoms with Gasteiger partial charge in [-0.15, -0.1) is 6.42 Å². The van der Waals surface area contributed by atoms with Gasteiger partial charge in [0.2, 0.25) is 0 Å². The number of amides is 2. The quantitative estimate of drug-likeness (QED) is 0.838. The highest BCUT2D eigenvalue weighted by Crippen LogP contribution is 2.28. The van der Waals surface area contributed by atoms with E-state index in [1.807, 2.05) is 6.92 Å².